The molecule has 0 aromatic heterocycles. The Morgan fingerprint density at radius 2 is 1.22 bits per heavy atom. The van der Waals surface area contributed by atoms with Crippen LogP contribution in [0.4, 0.5) is 0 Å². The van der Waals surface area contributed by atoms with E-state index in [1.54, 1.807) is 5.29 Å². The summed E-state index contributed by atoms with van der Waals surface area (Å²) in [6.07, 6.45) is 2.55. The van der Waals surface area contributed by atoms with Crippen molar-refractivity contribution in [2.45, 2.75) is 12.3 Å². The predicted octanol–water partition coefficient (Wildman–Crippen LogP) is 5.20. The van der Waals surface area contributed by atoms with E-state index in [1.807, 2.05) is 0 Å². The normalized spacial score (nSPS) is 19.0. The molecule has 0 spiro atoms. The van der Waals surface area contributed by atoms with Crippen molar-refractivity contribution in [3.63, 3.8) is 0 Å². The highest BCUT2D eigenvalue weighted by Crippen LogP contribution is 2.44. The molecule has 0 nitrogen and oxygen atoms in total. The van der Waals surface area contributed by atoms with Crippen LogP contribution >= 0.6 is 7.55 Å². The van der Waals surface area contributed by atoms with Gasteiger partial charge in [-0.1, -0.05) is 78.9 Å². The highest BCUT2D eigenvalue weighted by Gasteiger charge is 2.37. The summed E-state index contributed by atoms with van der Waals surface area (Å²) < 4.78 is 0. The van der Waals surface area contributed by atoms with E-state index in [4.69, 9.17) is 0 Å². The predicted molar refractivity (Wildman–Crippen MR) is 102 cm³/mol. The summed E-state index contributed by atoms with van der Waals surface area (Å²) in [6.45, 7) is 0. The third kappa shape index (κ3) is 2.87. The molecule has 2 unspecified atom stereocenters. The first-order valence-corrected chi connectivity index (χ1v) is 9.76. The van der Waals surface area contributed by atoms with Crippen molar-refractivity contribution in [3.8, 4) is 0 Å². The lowest BCUT2D eigenvalue weighted by molar-refractivity contribution is 0.877. The van der Waals surface area contributed by atoms with Crippen LogP contribution in [0.1, 0.15) is 23.5 Å². The molecule has 0 saturated heterocycles. The zero-order valence-electron chi connectivity index (χ0n) is 13.1. The van der Waals surface area contributed by atoms with Crippen LogP contribution in [-0.2, 0) is 0 Å². The summed E-state index contributed by atoms with van der Waals surface area (Å²) in [7, 11) is -0.226. The molecule has 2 atom stereocenters. The van der Waals surface area contributed by atoms with Crippen molar-refractivity contribution in [1.82, 2.24) is 0 Å². The largest absolute Gasteiger partial charge is 0.148 e. The van der Waals surface area contributed by atoms with Gasteiger partial charge in [0.05, 0.1) is 5.92 Å². The van der Waals surface area contributed by atoms with Crippen molar-refractivity contribution in [2.75, 3.05) is 6.16 Å². The molecule has 0 amide bonds. The average molecular weight is 315 g/mol. The zero-order chi connectivity index (χ0) is 15.5. The monoisotopic (exact) mass is 315 g/mol. The lowest BCUT2D eigenvalue weighted by atomic mass is 9.90. The van der Waals surface area contributed by atoms with Crippen molar-refractivity contribution in [2.24, 2.45) is 0 Å². The molecule has 1 aliphatic heterocycles. The molecule has 1 heteroatoms. The Balaban J connectivity index is 1.88. The molecule has 0 bridgehead atoms. The van der Waals surface area contributed by atoms with Gasteiger partial charge in [-0.15, -0.1) is 0 Å². The Morgan fingerprint density at radius 3 is 1.87 bits per heavy atom. The van der Waals surface area contributed by atoms with Crippen LogP contribution in [0.5, 0.6) is 0 Å². The molecule has 3 aromatic rings. The summed E-state index contributed by atoms with van der Waals surface area (Å²) in [5, 5.41) is 3.16. The van der Waals surface area contributed by atoms with Gasteiger partial charge in [-0.2, -0.15) is 0 Å². The van der Waals surface area contributed by atoms with Gasteiger partial charge >= 0.3 is 0 Å². The van der Waals surface area contributed by atoms with Crippen LogP contribution in [0.3, 0.4) is 0 Å². The Hall–Kier alpha value is -2.17. The first kappa shape index (κ1) is 14.4. The summed E-state index contributed by atoms with van der Waals surface area (Å²) in [4.78, 5) is 0. The number of rotatable bonds is 3. The van der Waals surface area contributed by atoms with Crippen LogP contribution in [0.2, 0.25) is 0 Å². The van der Waals surface area contributed by atoms with Crippen LogP contribution in [0.25, 0.3) is 0 Å². The lowest BCUT2D eigenvalue weighted by Gasteiger charge is -2.11. The Bertz CT molecular complexity index is 804. The standard InChI is InChI=1S/C22H20P/c1-4-10-18(11-5-1)21-16-17-23(20-14-8-3-9-15-20)22(21)19-12-6-2-7-13-19/h1-15,21H,16-17H2/q+1. The summed E-state index contributed by atoms with van der Waals surface area (Å²) >= 11 is 0. The van der Waals surface area contributed by atoms with Gasteiger partial charge in [0.15, 0.2) is 0 Å². The van der Waals surface area contributed by atoms with E-state index in [-0.39, 0.29) is 7.55 Å². The van der Waals surface area contributed by atoms with E-state index in [9.17, 15) is 0 Å². The zero-order valence-corrected chi connectivity index (χ0v) is 14.0. The highest BCUT2D eigenvalue weighted by molar-refractivity contribution is 7.67. The van der Waals surface area contributed by atoms with Crippen LogP contribution in [0.15, 0.2) is 91.0 Å². The molecule has 1 heterocycles. The van der Waals surface area contributed by atoms with Gasteiger partial charge in [-0.3, -0.25) is 0 Å². The fourth-order valence-corrected chi connectivity index (χ4v) is 6.50. The second-order valence-electron chi connectivity index (χ2n) is 5.99. The molecule has 0 radical (unpaired) electrons. The molecular formula is C22H20P+. The second-order valence-corrected chi connectivity index (χ2v) is 8.29. The van der Waals surface area contributed by atoms with E-state index < -0.39 is 0 Å². The van der Waals surface area contributed by atoms with Gasteiger partial charge in [0.2, 0.25) is 0 Å². The fraction of sp³-hybridized carbons (Fsp3) is 0.136. The van der Waals surface area contributed by atoms with Gasteiger partial charge < -0.3 is 0 Å². The SMILES string of the molecule is c1ccc(C2=[P+](c3ccccc3)CCC2c2ccccc2)cc1. The van der Waals surface area contributed by atoms with Crippen LogP contribution < -0.4 is 5.30 Å². The minimum absolute atomic E-state index is 0.226. The van der Waals surface area contributed by atoms with Crippen LogP contribution in [0, 0.1) is 0 Å². The van der Waals surface area contributed by atoms with Crippen molar-refractivity contribution >= 4 is 18.1 Å². The average Bonchev–Trinajstić information content (AvgIpc) is 3.09. The minimum Gasteiger partial charge on any atom is -0.0622 e. The van der Waals surface area contributed by atoms with Crippen molar-refractivity contribution in [1.29, 1.82) is 0 Å². The van der Waals surface area contributed by atoms with Gasteiger partial charge in [-0.25, -0.2) is 0 Å². The number of hydrogen-bond donors (Lipinski definition) is 0. The fourth-order valence-electron chi connectivity index (χ4n) is 3.56. The minimum atomic E-state index is -0.226. The van der Waals surface area contributed by atoms with Gasteiger partial charge in [-0.05, 0) is 17.7 Å². The molecule has 3 aromatic carbocycles. The Kier molecular flexibility index (Phi) is 4.09. The van der Waals surface area contributed by atoms with E-state index in [0.717, 1.165) is 0 Å². The molecule has 0 N–H and O–H groups in total. The van der Waals surface area contributed by atoms with Gasteiger partial charge in [0, 0.05) is 12.0 Å². The maximum absolute atomic E-state index is 2.31. The summed E-state index contributed by atoms with van der Waals surface area (Å²) in [5.74, 6) is 0.560. The number of benzene rings is 3. The van der Waals surface area contributed by atoms with Crippen molar-refractivity contribution < 1.29 is 0 Å². The number of hydrogen-bond acceptors (Lipinski definition) is 0. The maximum Gasteiger partial charge on any atom is 0.148 e. The van der Waals surface area contributed by atoms with E-state index in [2.05, 4.69) is 91.0 Å². The highest BCUT2D eigenvalue weighted by atomic mass is 31.1. The van der Waals surface area contributed by atoms with Crippen LogP contribution in [-0.4, -0.2) is 11.5 Å². The third-order valence-electron chi connectivity index (χ3n) is 4.60. The quantitative estimate of drug-likeness (QED) is 0.583. The molecule has 0 aliphatic carbocycles. The van der Waals surface area contributed by atoms with E-state index in [1.165, 1.54) is 29.0 Å². The Labute approximate surface area is 139 Å². The molecule has 4 rings (SSSR count). The first-order valence-electron chi connectivity index (χ1n) is 8.23. The van der Waals surface area contributed by atoms with Gasteiger partial charge in [0.25, 0.3) is 0 Å². The smallest absolute Gasteiger partial charge is 0.0622 e. The topological polar surface area (TPSA) is 0 Å². The molecule has 112 valence electrons. The maximum atomic E-state index is 2.31. The first-order chi connectivity index (χ1) is 11.4. The summed E-state index contributed by atoms with van der Waals surface area (Å²) in [6, 6.07) is 33.1. The molecule has 23 heavy (non-hydrogen) atoms. The molecule has 1 aliphatic rings. The molecule has 0 saturated carbocycles. The van der Waals surface area contributed by atoms with Gasteiger partial charge in [0.1, 0.15) is 24.3 Å². The summed E-state index contributed by atoms with van der Waals surface area (Å²) in [5.41, 5.74) is 2.89. The van der Waals surface area contributed by atoms with Crippen molar-refractivity contribution in [3.05, 3.63) is 102 Å². The second kappa shape index (κ2) is 6.52. The van der Waals surface area contributed by atoms with E-state index in [0.29, 0.717) is 5.92 Å². The molecular weight excluding hydrogens is 295 g/mol. The van der Waals surface area contributed by atoms with E-state index >= 15 is 0 Å². The Morgan fingerprint density at radius 1 is 0.652 bits per heavy atom. The molecule has 0 fully saturated rings. The lowest BCUT2D eigenvalue weighted by Crippen LogP contribution is -2.10. The third-order valence-corrected chi connectivity index (χ3v) is 7.38.